The molecule has 0 unspecified atom stereocenters. The van der Waals surface area contributed by atoms with E-state index in [1.54, 1.807) is 30.3 Å². The summed E-state index contributed by atoms with van der Waals surface area (Å²) in [5, 5.41) is 0.866. The van der Waals surface area contributed by atoms with Gasteiger partial charge in [-0.3, -0.25) is 4.79 Å². The molecule has 104 valence electrons. The Balaban J connectivity index is 2.23. The Morgan fingerprint density at radius 2 is 1.95 bits per heavy atom. The normalized spacial score (nSPS) is 10.3. The van der Waals surface area contributed by atoms with E-state index in [2.05, 4.69) is 0 Å². The largest absolute Gasteiger partial charge is 0.488 e. The van der Waals surface area contributed by atoms with E-state index in [1.807, 2.05) is 0 Å². The van der Waals surface area contributed by atoms with E-state index < -0.39 is 5.91 Å². The maximum Gasteiger partial charge on any atom is 0.252 e. The molecule has 0 fully saturated rings. The third-order valence-electron chi connectivity index (χ3n) is 2.68. The summed E-state index contributed by atoms with van der Waals surface area (Å²) in [4.78, 5) is 11.3. The van der Waals surface area contributed by atoms with E-state index in [0.29, 0.717) is 27.0 Å². The van der Waals surface area contributed by atoms with Crippen molar-refractivity contribution in [1.82, 2.24) is 0 Å². The number of benzene rings is 2. The lowest BCUT2D eigenvalue weighted by Crippen LogP contribution is -2.13. The minimum absolute atomic E-state index is 0.170. The zero-order valence-electron chi connectivity index (χ0n) is 10.4. The highest BCUT2D eigenvalue weighted by molar-refractivity contribution is 6.42. The van der Waals surface area contributed by atoms with Gasteiger partial charge in [0.15, 0.2) is 0 Å². The van der Waals surface area contributed by atoms with Crippen LogP contribution in [0.2, 0.25) is 10.0 Å². The number of nitrogens with two attached hydrogens (primary N) is 2. The number of rotatable bonds is 4. The predicted molar refractivity (Wildman–Crippen MR) is 80.2 cm³/mol. The molecule has 0 heterocycles. The molecule has 1 amide bonds. The van der Waals surface area contributed by atoms with Gasteiger partial charge in [0.1, 0.15) is 12.4 Å². The molecular formula is C14H12Cl2N2O2. The number of nitrogen functional groups attached to an aromatic ring is 1. The van der Waals surface area contributed by atoms with Crippen molar-refractivity contribution in [2.45, 2.75) is 6.61 Å². The lowest BCUT2D eigenvalue weighted by atomic mass is 10.1. The van der Waals surface area contributed by atoms with Crippen LogP contribution in [0.25, 0.3) is 0 Å². The van der Waals surface area contributed by atoms with Gasteiger partial charge in [0, 0.05) is 11.3 Å². The lowest BCUT2D eigenvalue weighted by Gasteiger charge is -2.11. The Morgan fingerprint density at radius 3 is 2.65 bits per heavy atom. The predicted octanol–water partition coefficient (Wildman–Crippen LogP) is 3.25. The van der Waals surface area contributed by atoms with Crippen molar-refractivity contribution >= 4 is 34.8 Å². The number of halogens is 2. The number of hydrogen-bond donors (Lipinski definition) is 2. The molecule has 0 radical (unpaired) electrons. The second-order valence-electron chi connectivity index (χ2n) is 4.12. The monoisotopic (exact) mass is 310 g/mol. The summed E-state index contributed by atoms with van der Waals surface area (Å²) in [6.07, 6.45) is 0. The highest BCUT2D eigenvalue weighted by Crippen LogP contribution is 2.28. The molecule has 0 saturated heterocycles. The molecule has 0 aliphatic heterocycles. The number of carbonyl (C=O) groups is 1. The summed E-state index contributed by atoms with van der Waals surface area (Å²) in [6, 6.07) is 9.93. The molecule has 0 atom stereocenters. The number of ether oxygens (including phenoxy) is 1. The highest BCUT2D eigenvalue weighted by atomic mass is 35.5. The van der Waals surface area contributed by atoms with Gasteiger partial charge in [-0.2, -0.15) is 0 Å². The van der Waals surface area contributed by atoms with Crippen molar-refractivity contribution in [2.24, 2.45) is 5.73 Å². The van der Waals surface area contributed by atoms with Crippen molar-refractivity contribution in [3.05, 3.63) is 57.6 Å². The van der Waals surface area contributed by atoms with Gasteiger partial charge in [-0.25, -0.2) is 0 Å². The number of anilines is 1. The third-order valence-corrected chi connectivity index (χ3v) is 3.54. The second-order valence-corrected chi connectivity index (χ2v) is 4.91. The summed E-state index contributed by atoms with van der Waals surface area (Å²) in [5.74, 6) is -0.257. The first-order valence-corrected chi connectivity index (χ1v) is 6.49. The molecule has 0 aromatic heterocycles. The van der Waals surface area contributed by atoms with E-state index >= 15 is 0 Å². The molecule has 0 bridgehead atoms. The van der Waals surface area contributed by atoms with Crippen LogP contribution in [0.15, 0.2) is 36.4 Å². The molecular weight excluding hydrogens is 299 g/mol. The van der Waals surface area contributed by atoms with Gasteiger partial charge < -0.3 is 16.2 Å². The summed E-state index contributed by atoms with van der Waals surface area (Å²) in [6.45, 7) is 0.170. The Hall–Kier alpha value is -1.91. The molecule has 2 rings (SSSR count). The van der Waals surface area contributed by atoms with E-state index in [4.69, 9.17) is 39.4 Å². The number of hydrogen-bond acceptors (Lipinski definition) is 3. The average molecular weight is 311 g/mol. The summed E-state index contributed by atoms with van der Waals surface area (Å²) >= 11 is 12.0. The molecule has 0 spiro atoms. The molecule has 0 aliphatic carbocycles. The summed E-state index contributed by atoms with van der Waals surface area (Å²) < 4.78 is 5.58. The van der Waals surface area contributed by atoms with Gasteiger partial charge in [0.05, 0.1) is 15.6 Å². The van der Waals surface area contributed by atoms with Gasteiger partial charge in [-0.05, 0) is 24.3 Å². The molecule has 2 aromatic rings. The summed E-state index contributed by atoms with van der Waals surface area (Å²) in [5.41, 5.74) is 12.3. The molecule has 0 saturated carbocycles. The molecule has 20 heavy (non-hydrogen) atoms. The fourth-order valence-electron chi connectivity index (χ4n) is 1.68. The Labute approximate surface area is 126 Å². The third kappa shape index (κ3) is 3.15. The van der Waals surface area contributed by atoms with Crippen LogP contribution in [0, 0.1) is 0 Å². The quantitative estimate of drug-likeness (QED) is 0.851. The van der Waals surface area contributed by atoms with E-state index in [-0.39, 0.29) is 12.2 Å². The minimum atomic E-state index is -0.607. The van der Waals surface area contributed by atoms with Crippen LogP contribution < -0.4 is 16.2 Å². The van der Waals surface area contributed by atoms with Crippen LogP contribution in [0.4, 0.5) is 5.69 Å². The maximum absolute atomic E-state index is 11.3. The van der Waals surface area contributed by atoms with Gasteiger partial charge in [-0.15, -0.1) is 0 Å². The van der Waals surface area contributed by atoms with E-state index in [9.17, 15) is 4.79 Å². The molecule has 6 heteroatoms. The number of carbonyl (C=O) groups excluding carboxylic acids is 1. The Bertz CT molecular complexity index is 660. The molecule has 2 aromatic carbocycles. The summed E-state index contributed by atoms with van der Waals surface area (Å²) in [7, 11) is 0. The van der Waals surface area contributed by atoms with Crippen LogP contribution in [0.3, 0.4) is 0 Å². The topological polar surface area (TPSA) is 78.3 Å². The fourth-order valence-corrected chi connectivity index (χ4v) is 2.06. The Kier molecular flexibility index (Phi) is 4.37. The van der Waals surface area contributed by atoms with Crippen LogP contribution in [-0.2, 0) is 6.61 Å². The van der Waals surface area contributed by atoms with Crippen LogP contribution in [-0.4, -0.2) is 5.91 Å². The highest BCUT2D eigenvalue weighted by Gasteiger charge is 2.11. The van der Waals surface area contributed by atoms with Crippen molar-refractivity contribution in [2.75, 3.05) is 5.73 Å². The second kappa shape index (κ2) is 6.03. The maximum atomic E-state index is 11.3. The van der Waals surface area contributed by atoms with Gasteiger partial charge in [0.25, 0.3) is 5.91 Å². The van der Waals surface area contributed by atoms with Crippen LogP contribution >= 0.6 is 23.2 Å². The van der Waals surface area contributed by atoms with Crippen molar-refractivity contribution in [3.8, 4) is 5.75 Å². The molecule has 0 aliphatic rings. The molecule has 4 nitrogen and oxygen atoms in total. The zero-order valence-corrected chi connectivity index (χ0v) is 11.9. The number of amides is 1. The lowest BCUT2D eigenvalue weighted by molar-refractivity contribution is 0.0996. The zero-order chi connectivity index (χ0) is 14.7. The molecule has 4 N–H and O–H groups in total. The van der Waals surface area contributed by atoms with Gasteiger partial charge in [0.2, 0.25) is 0 Å². The van der Waals surface area contributed by atoms with Crippen molar-refractivity contribution in [3.63, 3.8) is 0 Å². The van der Waals surface area contributed by atoms with Gasteiger partial charge >= 0.3 is 0 Å². The van der Waals surface area contributed by atoms with Crippen molar-refractivity contribution < 1.29 is 9.53 Å². The van der Waals surface area contributed by atoms with Gasteiger partial charge in [-0.1, -0.05) is 35.3 Å². The number of primary amides is 1. The average Bonchev–Trinajstić information content (AvgIpc) is 2.41. The SMILES string of the molecule is NC(=O)c1cc(N)ccc1OCc1cccc(Cl)c1Cl. The van der Waals surface area contributed by atoms with E-state index in [1.165, 1.54) is 6.07 Å². The smallest absolute Gasteiger partial charge is 0.252 e. The van der Waals surface area contributed by atoms with Crippen LogP contribution in [0.5, 0.6) is 5.75 Å². The first-order valence-electron chi connectivity index (χ1n) is 5.74. The fraction of sp³-hybridized carbons (Fsp3) is 0.0714. The standard InChI is InChI=1S/C14H12Cl2N2O2/c15-11-3-1-2-8(13(11)16)7-20-12-5-4-9(17)6-10(12)14(18)19/h1-6H,7,17H2,(H2,18,19). The first-order chi connectivity index (χ1) is 9.49. The minimum Gasteiger partial charge on any atom is -0.488 e. The van der Waals surface area contributed by atoms with Crippen molar-refractivity contribution in [1.29, 1.82) is 0 Å². The van der Waals surface area contributed by atoms with Crippen LogP contribution in [0.1, 0.15) is 15.9 Å². The Morgan fingerprint density at radius 1 is 1.20 bits per heavy atom. The van der Waals surface area contributed by atoms with E-state index in [0.717, 1.165) is 0 Å². The first kappa shape index (κ1) is 14.5.